The first-order chi connectivity index (χ1) is 9.61. The fourth-order valence-electron chi connectivity index (χ4n) is 1.85. The van der Waals surface area contributed by atoms with E-state index in [-0.39, 0.29) is 4.90 Å². The molecule has 0 aliphatic carbocycles. The van der Waals surface area contributed by atoms with Crippen molar-refractivity contribution in [2.45, 2.75) is 9.92 Å². The third-order valence-corrected chi connectivity index (χ3v) is 3.76. The van der Waals surface area contributed by atoms with Crippen LogP contribution in [0.15, 0.2) is 58.5 Å². The molecule has 1 aromatic heterocycles. The highest BCUT2D eigenvalue weighted by Gasteiger charge is 2.07. The van der Waals surface area contributed by atoms with Crippen LogP contribution in [0.2, 0.25) is 0 Å². The lowest BCUT2D eigenvalue weighted by Crippen LogP contribution is -1.88. The summed E-state index contributed by atoms with van der Waals surface area (Å²) < 4.78 is 26.7. The topological polar surface area (TPSA) is 38.9 Å². The van der Waals surface area contributed by atoms with Crippen molar-refractivity contribution < 1.29 is 8.78 Å². The molecule has 0 atom stereocenters. The van der Waals surface area contributed by atoms with Gasteiger partial charge in [-0.25, -0.2) is 13.8 Å². The van der Waals surface area contributed by atoms with Crippen LogP contribution in [0.4, 0.5) is 14.5 Å². The molecule has 0 spiro atoms. The Balaban J connectivity index is 1.98. The number of nitrogen functional groups attached to an aromatic ring is 1. The fraction of sp³-hybridized carbons (Fsp3) is 0. The molecule has 0 aliphatic heterocycles. The van der Waals surface area contributed by atoms with Crippen LogP contribution in [0.3, 0.4) is 0 Å². The van der Waals surface area contributed by atoms with E-state index in [4.69, 9.17) is 5.73 Å². The van der Waals surface area contributed by atoms with Crippen molar-refractivity contribution in [1.29, 1.82) is 0 Å². The standard InChI is InChI=1S/C15H10F2N2S/c16-10-2-4-12(17)14(8-10)20-15-6-1-9-7-11(18)3-5-13(9)19-15/h1-8H,18H2. The molecule has 1 heterocycles. The molecule has 0 saturated heterocycles. The number of fused-ring (bicyclic) bond motifs is 1. The lowest BCUT2D eigenvalue weighted by atomic mass is 10.2. The molecule has 0 amide bonds. The summed E-state index contributed by atoms with van der Waals surface area (Å²) in [6.07, 6.45) is 0. The van der Waals surface area contributed by atoms with Crippen LogP contribution in [0.5, 0.6) is 0 Å². The third kappa shape index (κ3) is 2.58. The van der Waals surface area contributed by atoms with Gasteiger partial charge in [0.15, 0.2) is 0 Å². The highest BCUT2D eigenvalue weighted by Crippen LogP contribution is 2.30. The highest BCUT2D eigenvalue weighted by molar-refractivity contribution is 7.99. The van der Waals surface area contributed by atoms with Crippen molar-refractivity contribution in [2.75, 3.05) is 5.73 Å². The van der Waals surface area contributed by atoms with Crippen molar-refractivity contribution in [2.24, 2.45) is 0 Å². The molecule has 0 aliphatic rings. The van der Waals surface area contributed by atoms with Gasteiger partial charge in [0.25, 0.3) is 0 Å². The lowest BCUT2D eigenvalue weighted by molar-refractivity contribution is 0.577. The Labute approximate surface area is 118 Å². The second kappa shape index (κ2) is 5.09. The molecule has 5 heteroatoms. The summed E-state index contributed by atoms with van der Waals surface area (Å²) in [5.74, 6) is -0.932. The number of hydrogen-bond donors (Lipinski definition) is 1. The lowest BCUT2D eigenvalue weighted by Gasteiger charge is -2.05. The quantitative estimate of drug-likeness (QED) is 0.717. The molecular formula is C15H10F2N2S. The number of nitrogens with two attached hydrogens (primary N) is 1. The van der Waals surface area contributed by atoms with Gasteiger partial charge in [-0.3, -0.25) is 0 Å². The molecule has 3 aromatic rings. The van der Waals surface area contributed by atoms with E-state index in [1.54, 1.807) is 18.2 Å². The van der Waals surface area contributed by atoms with Gasteiger partial charge < -0.3 is 5.73 Å². The molecule has 100 valence electrons. The van der Waals surface area contributed by atoms with Crippen LogP contribution in [-0.2, 0) is 0 Å². The summed E-state index contributed by atoms with van der Waals surface area (Å²) in [5, 5.41) is 1.51. The number of benzene rings is 2. The van der Waals surface area contributed by atoms with Crippen LogP contribution in [0.1, 0.15) is 0 Å². The SMILES string of the molecule is Nc1ccc2nc(Sc3cc(F)ccc3F)ccc2c1. The Bertz CT molecular complexity index is 790. The van der Waals surface area contributed by atoms with Gasteiger partial charge in [0, 0.05) is 11.1 Å². The van der Waals surface area contributed by atoms with E-state index >= 15 is 0 Å². The number of nitrogens with zero attached hydrogens (tertiary/aromatic N) is 1. The number of hydrogen-bond acceptors (Lipinski definition) is 3. The first kappa shape index (κ1) is 12.9. The number of aromatic nitrogens is 1. The zero-order chi connectivity index (χ0) is 14.1. The molecule has 0 unspecified atom stereocenters. The molecule has 0 saturated carbocycles. The van der Waals surface area contributed by atoms with E-state index in [0.29, 0.717) is 10.7 Å². The predicted octanol–water partition coefficient (Wildman–Crippen LogP) is 4.25. The Morgan fingerprint density at radius 1 is 0.950 bits per heavy atom. The summed E-state index contributed by atoms with van der Waals surface area (Å²) in [4.78, 5) is 4.62. The van der Waals surface area contributed by atoms with E-state index in [1.165, 1.54) is 0 Å². The number of pyridine rings is 1. The second-order valence-electron chi connectivity index (χ2n) is 4.28. The number of anilines is 1. The molecule has 0 fully saturated rings. The summed E-state index contributed by atoms with van der Waals surface area (Å²) in [6, 6.07) is 12.4. The monoisotopic (exact) mass is 288 g/mol. The van der Waals surface area contributed by atoms with Crippen LogP contribution in [0.25, 0.3) is 10.9 Å². The maximum Gasteiger partial charge on any atom is 0.137 e. The molecule has 3 rings (SSSR count). The Morgan fingerprint density at radius 3 is 2.65 bits per heavy atom. The van der Waals surface area contributed by atoms with Crippen molar-refractivity contribution >= 4 is 28.4 Å². The normalized spacial score (nSPS) is 10.9. The van der Waals surface area contributed by atoms with E-state index in [2.05, 4.69) is 4.98 Å². The van der Waals surface area contributed by atoms with Gasteiger partial charge in [-0.1, -0.05) is 17.8 Å². The largest absolute Gasteiger partial charge is 0.399 e. The summed E-state index contributed by atoms with van der Waals surface area (Å²) >= 11 is 1.09. The Hall–Kier alpha value is -2.14. The van der Waals surface area contributed by atoms with Crippen LogP contribution < -0.4 is 5.73 Å². The minimum Gasteiger partial charge on any atom is -0.399 e. The maximum absolute atomic E-state index is 13.6. The van der Waals surface area contributed by atoms with Crippen LogP contribution >= 0.6 is 11.8 Å². The van der Waals surface area contributed by atoms with Crippen LogP contribution in [0, 0.1) is 11.6 Å². The zero-order valence-electron chi connectivity index (χ0n) is 10.3. The average Bonchev–Trinajstić information content (AvgIpc) is 2.43. The molecule has 0 bridgehead atoms. The van der Waals surface area contributed by atoms with Gasteiger partial charge in [-0.2, -0.15) is 0 Å². The summed E-state index contributed by atoms with van der Waals surface area (Å²) in [7, 11) is 0. The first-order valence-corrected chi connectivity index (χ1v) is 6.73. The highest BCUT2D eigenvalue weighted by atomic mass is 32.2. The maximum atomic E-state index is 13.6. The fourth-order valence-corrected chi connectivity index (χ4v) is 2.69. The number of rotatable bonds is 2. The van der Waals surface area contributed by atoms with E-state index in [1.807, 2.05) is 12.1 Å². The minimum absolute atomic E-state index is 0.215. The van der Waals surface area contributed by atoms with Gasteiger partial charge in [0.05, 0.1) is 10.4 Å². The van der Waals surface area contributed by atoms with Gasteiger partial charge in [0.2, 0.25) is 0 Å². The predicted molar refractivity (Wildman–Crippen MR) is 76.6 cm³/mol. The summed E-state index contributed by atoms with van der Waals surface area (Å²) in [5.41, 5.74) is 7.13. The van der Waals surface area contributed by atoms with Crippen molar-refractivity contribution in [3.63, 3.8) is 0 Å². The van der Waals surface area contributed by atoms with Gasteiger partial charge in [0.1, 0.15) is 16.7 Å². The Kier molecular flexibility index (Phi) is 3.28. The molecule has 2 nitrogen and oxygen atoms in total. The molecule has 20 heavy (non-hydrogen) atoms. The van der Waals surface area contributed by atoms with Crippen molar-refractivity contribution in [1.82, 2.24) is 4.98 Å². The minimum atomic E-state index is -0.470. The van der Waals surface area contributed by atoms with Gasteiger partial charge >= 0.3 is 0 Å². The molecule has 0 radical (unpaired) electrons. The van der Waals surface area contributed by atoms with Crippen molar-refractivity contribution in [3.05, 3.63) is 60.2 Å². The van der Waals surface area contributed by atoms with Crippen LogP contribution in [-0.4, -0.2) is 4.98 Å². The molecule has 2 N–H and O–H groups in total. The summed E-state index contributed by atoms with van der Waals surface area (Å²) in [6.45, 7) is 0. The van der Waals surface area contributed by atoms with E-state index in [0.717, 1.165) is 40.9 Å². The van der Waals surface area contributed by atoms with E-state index < -0.39 is 11.6 Å². The average molecular weight is 288 g/mol. The van der Waals surface area contributed by atoms with Gasteiger partial charge in [-0.15, -0.1) is 0 Å². The molecule has 2 aromatic carbocycles. The second-order valence-corrected chi connectivity index (χ2v) is 5.34. The molecular weight excluding hydrogens is 278 g/mol. The van der Waals surface area contributed by atoms with Gasteiger partial charge in [-0.05, 0) is 42.5 Å². The first-order valence-electron chi connectivity index (χ1n) is 5.91. The van der Waals surface area contributed by atoms with Crippen molar-refractivity contribution in [3.8, 4) is 0 Å². The smallest absolute Gasteiger partial charge is 0.137 e. The number of halogens is 2. The Morgan fingerprint density at radius 2 is 1.80 bits per heavy atom. The third-order valence-electron chi connectivity index (χ3n) is 2.80. The zero-order valence-corrected chi connectivity index (χ0v) is 11.1. The van der Waals surface area contributed by atoms with E-state index in [9.17, 15) is 8.78 Å².